The number of carbonyl (C=O) groups is 2. The predicted molar refractivity (Wildman–Crippen MR) is 121 cm³/mol. The summed E-state index contributed by atoms with van der Waals surface area (Å²) in [4.78, 5) is 28.8. The van der Waals surface area contributed by atoms with Gasteiger partial charge in [-0.1, -0.05) is 48.0 Å². The summed E-state index contributed by atoms with van der Waals surface area (Å²) >= 11 is 6.30. The van der Waals surface area contributed by atoms with Crippen LogP contribution in [0.2, 0.25) is 5.02 Å². The first-order valence-corrected chi connectivity index (χ1v) is 12.1. The van der Waals surface area contributed by atoms with Crippen LogP contribution in [0.4, 0.5) is 0 Å². The van der Waals surface area contributed by atoms with E-state index in [1.54, 1.807) is 41.3 Å². The molecule has 0 bridgehead atoms. The Kier molecular flexibility index (Phi) is 8.25. The Balaban J connectivity index is 1.54. The summed E-state index contributed by atoms with van der Waals surface area (Å²) in [5.41, 5.74) is 0.663. The smallest absolute Gasteiger partial charge is 0.327 e. The van der Waals surface area contributed by atoms with E-state index in [1.807, 2.05) is 11.0 Å². The SMILES string of the molecule is COC(=O)C(c1ccccc1Cl)N1CCN(C(=O)CCNS(=O)(=O)c2ccccc2)CC1. The number of nitrogens with zero attached hydrogens (tertiary/aromatic N) is 2. The minimum Gasteiger partial charge on any atom is -0.468 e. The van der Waals surface area contributed by atoms with Gasteiger partial charge in [0, 0.05) is 44.2 Å². The fraction of sp³-hybridized carbons (Fsp3) is 0.364. The van der Waals surface area contributed by atoms with Gasteiger partial charge in [0.2, 0.25) is 15.9 Å². The number of carbonyl (C=O) groups excluding carboxylic acids is 2. The van der Waals surface area contributed by atoms with Gasteiger partial charge < -0.3 is 9.64 Å². The van der Waals surface area contributed by atoms with Crippen molar-refractivity contribution in [3.8, 4) is 0 Å². The average Bonchev–Trinajstić information content (AvgIpc) is 2.81. The molecule has 1 atom stereocenters. The van der Waals surface area contributed by atoms with Crippen molar-refractivity contribution in [2.24, 2.45) is 0 Å². The van der Waals surface area contributed by atoms with Crippen LogP contribution in [-0.4, -0.2) is 69.9 Å². The third-order valence-corrected chi connectivity index (χ3v) is 7.16. The number of piperazine rings is 1. The standard InChI is InChI=1S/C22H26ClN3O5S/c1-31-22(28)21(18-9-5-6-10-19(18)23)26-15-13-25(14-16-26)20(27)11-12-24-32(29,30)17-7-3-2-4-8-17/h2-10,21,24H,11-16H2,1H3. The van der Waals surface area contributed by atoms with E-state index in [-0.39, 0.29) is 23.8 Å². The molecule has 10 heteroatoms. The summed E-state index contributed by atoms with van der Waals surface area (Å²) in [6.07, 6.45) is 0.0526. The molecule has 1 heterocycles. The number of methoxy groups -OCH3 is 1. The number of sulfonamides is 1. The van der Waals surface area contributed by atoms with Crippen LogP contribution in [-0.2, 0) is 24.3 Å². The van der Waals surface area contributed by atoms with Gasteiger partial charge >= 0.3 is 5.97 Å². The molecule has 1 amide bonds. The highest BCUT2D eigenvalue weighted by Gasteiger charge is 2.33. The molecular weight excluding hydrogens is 454 g/mol. The molecule has 3 rings (SSSR count). The summed E-state index contributed by atoms with van der Waals surface area (Å²) in [5, 5.41) is 0.479. The van der Waals surface area contributed by atoms with Crippen molar-refractivity contribution in [2.45, 2.75) is 17.4 Å². The molecule has 8 nitrogen and oxygen atoms in total. The van der Waals surface area contributed by atoms with Crippen LogP contribution in [0.15, 0.2) is 59.5 Å². The fourth-order valence-corrected chi connectivity index (χ4v) is 4.94. The van der Waals surface area contributed by atoms with Gasteiger partial charge in [-0.3, -0.25) is 9.69 Å². The van der Waals surface area contributed by atoms with Crippen molar-refractivity contribution in [1.82, 2.24) is 14.5 Å². The Morgan fingerprint density at radius 1 is 1.03 bits per heavy atom. The minimum absolute atomic E-state index is 0.0146. The Morgan fingerprint density at radius 3 is 2.28 bits per heavy atom. The molecule has 0 aliphatic carbocycles. The number of amides is 1. The minimum atomic E-state index is -3.65. The first-order valence-electron chi connectivity index (χ1n) is 10.2. The number of hydrogen-bond acceptors (Lipinski definition) is 6. The fourth-order valence-electron chi connectivity index (χ4n) is 3.64. The topological polar surface area (TPSA) is 96.0 Å². The summed E-state index contributed by atoms with van der Waals surface area (Å²) in [6, 6.07) is 14.5. The number of halogens is 1. The van der Waals surface area contributed by atoms with Gasteiger partial charge in [-0.05, 0) is 23.8 Å². The highest BCUT2D eigenvalue weighted by molar-refractivity contribution is 7.89. The van der Waals surface area contributed by atoms with Crippen LogP contribution in [0.3, 0.4) is 0 Å². The number of nitrogens with one attached hydrogen (secondary N) is 1. The van der Waals surface area contributed by atoms with Crippen molar-refractivity contribution in [3.63, 3.8) is 0 Å². The first-order chi connectivity index (χ1) is 15.3. The van der Waals surface area contributed by atoms with E-state index in [1.165, 1.54) is 19.2 Å². The lowest BCUT2D eigenvalue weighted by atomic mass is 10.0. The summed E-state index contributed by atoms with van der Waals surface area (Å²) in [5.74, 6) is -0.555. The maximum Gasteiger partial charge on any atom is 0.327 e. The molecule has 1 unspecified atom stereocenters. The lowest BCUT2D eigenvalue weighted by Crippen LogP contribution is -2.51. The van der Waals surface area contributed by atoms with Crippen LogP contribution in [0.25, 0.3) is 0 Å². The lowest BCUT2D eigenvalue weighted by Gasteiger charge is -2.38. The molecule has 1 N–H and O–H groups in total. The van der Waals surface area contributed by atoms with Gasteiger partial charge in [0.15, 0.2) is 0 Å². The highest BCUT2D eigenvalue weighted by atomic mass is 35.5. The number of rotatable bonds is 8. The molecule has 0 spiro atoms. The number of hydrogen-bond donors (Lipinski definition) is 1. The van der Waals surface area contributed by atoms with Crippen molar-refractivity contribution in [3.05, 3.63) is 65.2 Å². The molecule has 2 aromatic carbocycles. The Morgan fingerprint density at radius 2 is 1.66 bits per heavy atom. The van der Waals surface area contributed by atoms with Crippen LogP contribution < -0.4 is 4.72 Å². The van der Waals surface area contributed by atoms with Gasteiger partial charge in [0.25, 0.3) is 0 Å². The van der Waals surface area contributed by atoms with Crippen molar-refractivity contribution < 1.29 is 22.7 Å². The monoisotopic (exact) mass is 479 g/mol. The summed E-state index contributed by atoms with van der Waals surface area (Å²) in [6.45, 7) is 1.78. The molecule has 1 aliphatic heterocycles. The zero-order chi connectivity index (χ0) is 23.1. The lowest BCUT2D eigenvalue weighted by molar-refractivity contribution is -0.148. The van der Waals surface area contributed by atoms with Gasteiger partial charge in [0.05, 0.1) is 12.0 Å². The second-order valence-electron chi connectivity index (χ2n) is 7.32. The predicted octanol–water partition coefficient (Wildman–Crippen LogP) is 2.07. The highest BCUT2D eigenvalue weighted by Crippen LogP contribution is 2.29. The van der Waals surface area contributed by atoms with E-state index in [9.17, 15) is 18.0 Å². The van der Waals surface area contributed by atoms with Gasteiger partial charge in [-0.25, -0.2) is 17.9 Å². The van der Waals surface area contributed by atoms with E-state index in [2.05, 4.69) is 4.72 Å². The van der Waals surface area contributed by atoms with E-state index < -0.39 is 22.0 Å². The number of benzene rings is 2. The van der Waals surface area contributed by atoms with E-state index >= 15 is 0 Å². The van der Waals surface area contributed by atoms with E-state index in [0.717, 1.165) is 0 Å². The molecule has 1 saturated heterocycles. The largest absolute Gasteiger partial charge is 0.468 e. The molecule has 2 aromatic rings. The molecule has 0 radical (unpaired) electrons. The molecular formula is C22H26ClN3O5S. The summed E-state index contributed by atoms with van der Waals surface area (Å²) in [7, 11) is -2.31. The molecule has 0 saturated carbocycles. The van der Waals surface area contributed by atoms with Crippen LogP contribution in [0.1, 0.15) is 18.0 Å². The molecule has 32 heavy (non-hydrogen) atoms. The first kappa shape index (κ1) is 24.2. The van der Waals surface area contributed by atoms with Gasteiger partial charge in [0.1, 0.15) is 6.04 Å². The Bertz CT molecular complexity index is 1040. The second kappa shape index (κ2) is 10.9. The molecule has 1 aliphatic rings. The number of esters is 1. The zero-order valence-corrected chi connectivity index (χ0v) is 19.3. The van der Waals surface area contributed by atoms with Crippen molar-refractivity contribution in [1.29, 1.82) is 0 Å². The van der Waals surface area contributed by atoms with Crippen molar-refractivity contribution >= 4 is 33.5 Å². The van der Waals surface area contributed by atoms with E-state index in [0.29, 0.717) is 36.8 Å². The third kappa shape index (κ3) is 5.86. The number of ether oxygens (including phenoxy) is 1. The Labute approximate surface area is 193 Å². The molecule has 0 aromatic heterocycles. The van der Waals surface area contributed by atoms with Gasteiger partial charge in [-0.2, -0.15) is 0 Å². The normalized spacial score (nSPS) is 15.9. The quantitative estimate of drug-likeness (QED) is 0.582. The average molecular weight is 480 g/mol. The van der Waals surface area contributed by atoms with Gasteiger partial charge in [-0.15, -0.1) is 0 Å². The second-order valence-corrected chi connectivity index (χ2v) is 9.50. The molecule has 1 fully saturated rings. The van der Waals surface area contributed by atoms with E-state index in [4.69, 9.17) is 16.3 Å². The van der Waals surface area contributed by atoms with Crippen molar-refractivity contribution in [2.75, 3.05) is 39.8 Å². The maximum absolute atomic E-state index is 12.6. The summed E-state index contributed by atoms with van der Waals surface area (Å²) < 4.78 is 32.0. The molecule has 172 valence electrons. The Hall–Kier alpha value is -2.46. The van der Waals surface area contributed by atoms with Crippen LogP contribution in [0, 0.1) is 0 Å². The zero-order valence-electron chi connectivity index (χ0n) is 17.7. The van der Waals surface area contributed by atoms with Crippen LogP contribution >= 0.6 is 11.6 Å². The van der Waals surface area contributed by atoms with Crippen LogP contribution in [0.5, 0.6) is 0 Å². The maximum atomic E-state index is 12.6. The third-order valence-electron chi connectivity index (χ3n) is 5.34.